The Kier molecular flexibility index (Phi) is 3.99. The van der Waals surface area contributed by atoms with Gasteiger partial charge in [0.1, 0.15) is 6.04 Å². The summed E-state index contributed by atoms with van der Waals surface area (Å²) in [5, 5.41) is 12.4. The molecular formula is C11H15NO4. The third-order valence-electron chi connectivity index (χ3n) is 2.12. The maximum atomic E-state index is 11.2. The molecule has 0 spiro atoms. The number of carbonyl (C=O) groups is 1. The van der Waals surface area contributed by atoms with Crippen LogP contribution < -0.4 is 10.1 Å². The highest BCUT2D eigenvalue weighted by Crippen LogP contribution is 2.28. The summed E-state index contributed by atoms with van der Waals surface area (Å²) >= 11 is 0. The summed E-state index contributed by atoms with van der Waals surface area (Å²) in [5.74, 6) is 0.0381. The van der Waals surface area contributed by atoms with Crippen molar-refractivity contribution in [1.29, 1.82) is 0 Å². The topological polar surface area (TPSA) is 67.8 Å². The summed E-state index contributed by atoms with van der Waals surface area (Å²) in [6.07, 6.45) is 0. The quantitative estimate of drug-likeness (QED) is 0.757. The average Bonchev–Trinajstić information content (AvgIpc) is 2.28. The number of phenols is 1. The summed E-state index contributed by atoms with van der Waals surface area (Å²) in [6, 6.07) is 4.33. The molecule has 1 rings (SSSR count). The van der Waals surface area contributed by atoms with E-state index in [1.54, 1.807) is 19.1 Å². The van der Waals surface area contributed by atoms with Gasteiger partial charge in [0.05, 0.1) is 14.2 Å². The van der Waals surface area contributed by atoms with Crippen molar-refractivity contribution in [2.45, 2.75) is 13.0 Å². The Morgan fingerprint density at radius 3 is 2.62 bits per heavy atom. The van der Waals surface area contributed by atoms with E-state index < -0.39 is 6.04 Å². The first-order valence-electron chi connectivity index (χ1n) is 4.80. The zero-order valence-corrected chi connectivity index (χ0v) is 9.48. The number of rotatable bonds is 4. The Bertz CT molecular complexity index is 378. The first-order valence-corrected chi connectivity index (χ1v) is 4.80. The van der Waals surface area contributed by atoms with Gasteiger partial charge in [-0.25, -0.2) is 4.79 Å². The predicted octanol–water partition coefficient (Wildman–Crippen LogP) is 1.37. The van der Waals surface area contributed by atoms with Crippen LogP contribution in [0.3, 0.4) is 0 Å². The van der Waals surface area contributed by atoms with E-state index >= 15 is 0 Å². The highest BCUT2D eigenvalue weighted by Gasteiger charge is 2.13. The van der Waals surface area contributed by atoms with E-state index in [-0.39, 0.29) is 11.7 Å². The van der Waals surface area contributed by atoms with Gasteiger partial charge in [-0.2, -0.15) is 0 Å². The molecule has 0 aliphatic heterocycles. The normalized spacial score (nSPS) is 11.7. The van der Waals surface area contributed by atoms with Gasteiger partial charge in [-0.3, -0.25) is 0 Å². The summed E-state index contributed by atoms with van der Waals surface area (Å²) in [4.78, 5) is 11.2. The zero-order valence-electron chi connectivity index (χ0n) is 9.48. The minimum absolute atomic E-state index is 0.0181. The fraction of sp³-hybridized carbons (Fsp3) is 0.364. The molecule has 0 aliphatic rings. The lowest BCUT2D eigenvalue weighted by molar-refractivity contribution is -0.141. The minimum Gasteiger partial charge on any atom is -0.504 e. The molecule has 5 nitrogen and oxygen atoms in total. The van der Waals surface area contributed by atoms with E-state index in [9.17, 15) is 9.90 Å². The van der Waals surface area contributed by atoms with Crippen molar-refractivity contribution in [3.05, 3.63) is 18.2 Å². The fourth-order valence-electron chi connectivity index (χ4n) is 1.27. The van der Waals surface area contributed by atoms with Gasteiger partial charge < -0.3 is 19.9 Å². The minimum atomic E-state index is -0.474. The van der Waals surface area contributed by atoms with Crippen LogP contribution in [0, 0.1) is 0 Å². The molecule has 1 aromatic rings. The maximum Gasteiger partial charge on any atom is 0.327 e. The van der Waals surface area contributed by atoms with Gasteiger partial charge in [-0.1, -0.05) is 0 Å². The monoisotopic (exact) mass is 225 g/mol. The second-order valence-corrected chi connectivity index (χ2v) is 3.28. The van der Waals surface area contributed by atoms with Crippen molar-refractivity contribution in [1.82, 2.24) is 0 Å². The van der Waals surface area contributed by atoms with Gasteiger partial charge in [0.25, 0.3) is 0 Å². The van der Waals surface area contributed by atoms with E-state index in [1.165, 1.54) is 20.3 Å². The molecule has 0 aromatic heterocycles. The largest absolute Gasteiger partial charge is 0.504 e. The number of esters is 1. The number of carbonyl (C=O) groups excluding carboxylic acids is 1. The zero-order chi connectivity index (χ0) is 12.1. The molecule has 2 N–H and O–H groups in total. The van der Waals surface area contributed by atoms with Gasteiger partial charge >= 0.3 is 5.97 Å². The lowest BCUT2D eigenvalue weighted by Gasteiger charge is -2.13. The summed E-state index contributed by atoms with van der Waals surface area (Å²) in [5.41, 5.74) is 0.621. The smallest absolute Gasteiger partial charge is 0.327 e. The lowest BCUT2D eigenvalue weighted by atomic mass is 10.2. The number of ether oxygens (including phenoxy) is 2. The van der Waals surface area contributed by atoms with Gasteiger partial charge in [-0.15, -0.1) is 0 Å². The van der Waals surface area contributed by atoms with Gasteiger partial charge in [0.15, 0.2) is 11.5 Å². The second kappa shape index (κ2) is 5.25. The Hall–Kier alpha value is -1.91. The highest BCUT2D eigenvalue weighted by molar-refractivity contribution is 5.78. The van der Waals surface area contributed by atoms with Crippen LogP contribution in [0.1, 0.15) is 6.92 Å². The third-order valence-corrected chi connectivity index (χ3v) is 2.12. The maximum absolute atomic E-state index is 11.2. The van der Waals surface area contributed by atoms with Crippen LogP contribution in [0.5, 0.6) is 11.5 Å². The molecule has 0 saturated carbocycles. The average molecular weight is 225 g/mol. The molecule has 0 radical (unpaired) electrons. The lowest BCUT2D eigenvalue weighted by Crippen LogP contribution is -2.27. The summed E-state index contributed by atoms with van der Waals surface area (Å²) in [7, 11) is 2.80. The van der Waals surface area contributed by atoms with E-state index in [0.29, 0.717) is 11.4 Å². The van der Waals surface area contributed by atoms with Crippen LogP contribution in [0.25, 0.3) is 0 Å². The van der Waals surface area contributed by atoms with Crippen molar-refractivity contribution in [2.24, 2.45) is 0 Å². The predicted molar refractivity (Wildman–Crippen MR) is 59.8 cm³/mol. The van der Waals surface area contributed by atoms with Gasteiger partial charge in [-0.05, 0) is 19.1 Å². The van der Waals surface area contributed by atoms with Crippen LogP contribution in [0.2, 0.25) is 0 Å². The Balaban J connectivity index is 2.75. The van der Waals surface area contributed by atoms with E-state index in [0.717, 1.165) is 0 Å². The molecule has 1 unspecified atom stereocenters. The van der Waals surface area contributed by atoms with Crippen LogP contribution in [-0.4, -0.2) is 31.3 Å². The molecule has 1 atom stereocenters. The number of phenolic OH excluding ortho intramolecular Hbond substituents is 1. The number of hydrogen-bond donors (Lipinski definition) is 2. The van der Waals surface area contributed by atoms with Crippen molar-refractivity contribution in [2.75, 3.05) is 19.5 Å². The molecule has 0 saturated heterocycles. The molecule has 1 aromatic carbocycles. The van der Waals surface area contributed by atoms with Gasteiger partial charge in [0, 0.05) is 11.8 Å². The van der Waals surface area contributed by atoms with Crippen molar-refractivity contribution in [3.8, 4) is 11.5 Å². The number of aromatic hydroxyl groups is 1. The van der Waals surface area contributed by atoms with Crippen LogP contribution >= 0.6 is 0 Å². The summed E-state index contributed by atoms with van der Waals surface area (Å²) in [6.45, 7) is 1.67. The van der Waals surface area contributed by atoms with Gasteiger partial charge in [0.2, 0.25) is 0 Å². The van der Waals surface area contributed by atoms with Crippen molar-refractivity contribution < 1.29 is 19.4 Å². The number of methoxy groups -OCH3 is 2. The first-order chi connectivity index (χ1) is 7.58. The first kappa shape index (κ1) is 12.2. The number of benzene rings is 1. The Morgan fingerprint density at radius 1 is 1.44 bits per heavy atom. The third kappa shape index (κ3) is 2.79. The highest BCUT2D eigenvalue weighted by atomic mass is 16.5. The van der Waals surface area contributed by atoms with E-state index in [1.807, 2.05) is 0 Å². The van der Waals surface area contributed by atoms with E-state index in [4.69, 9.17) is 4.74 Å². The standard InChI is InChI=1S/C11H15NO4/c1-7(11(14)16-3)12-8-4-5-10(15-2)9(13)6-8/h4-7,12-13H,1-3H3. The number of anilines is 1. The molecule has 0 bridgehead atoms. The molecule has 0 aliphatic carbocycles. The molecule has 88 valence electrons. The van der Waals surface area contributed by atoms with Crippen LogP contribution in [-0.2, 0) is 9.53 Å². The molecule has 0 amide bonds. The molecule has 0 fully saturated rings. The summed E-state index contributed by atoms with van der Waals surface area (Å²) < 4.78 is 9.47. The van der Waals surface area contributed by atoms with Crippen molar-refractivity contribution in [3.63, 3.8) is 0 Å². The molecular weight excluding hydrogens is 210 g/mol. The van der Waals surface area contributed by atoms with Crippen LogP contribution in [0.4, 0.5) is 5.69 Å². The Morgan fingerprint density at radius 2 is 2.12 bits per heavy atom. The SMILES string of the molecule is COC(=O)C(C)Nc1ccc(OC)c(O)c1. The molecule has 5 heteroatoms. The van der Waals surface area contributed by atoms with Crippen LogP contribution in [0.15, 0.2) is 18.2 Å². The van der Waals surface area contributed by atoms with Crippen molar-refractivity contribution >= 4 is 11.7 Å². The molecule has 16 heavy (non-hydrogen) atoms. The number of nitrogens with one attached hydrogen (secondary N) is 1. The Labute approximate surface area is 94.0 Å². The number of hydrogen-bond acceptors (Lipinski definition) is 5. The molecule has 0 heterocycles. The fourth-order valence-corrected chi connectivity index (χ4v) is 1.27. The van der Waals surface area contributed by atoms with E-state index in [2.05, 4.69) is 10.1 Å². The second-order valence-electron chi connectivity index (χ2n) is 3.28.